The van der Waals surface area contributed by atoms with Gasteiger partial charge in [-0.3, -0.25) is 9.69 Å². The lowest BCUT2D eigenvalue weighted by Gasteiger charge is -2.33. The van der Waals surface area contributed by atoms with Gasteiger partial charge >= 0.3 is 0 Å². The maximum atomic E-state index is 13.1. The van der Waals surface area contributed by atoms with Gasteiger partial charge in [0.2, 0.25) is 5.91 Å². The maximum absolute atomic E-state index is 13.1. The number of nitrogens with zero attached hydrogens (tertiary/aromatic N) is 1. The highest BCUT2D eigenvalue weighted by Gasteiger charge is 2.23. The van der Waals surface area contributed by atoms with E-state index in [0.29, 0.717) is 18.1 Å². The van der Waals surface area contributed by atoms with E-state index in [9.17, 15) is 9.18 Å². The van der Waals surface area contributed by atoms with Crippen LogP contribution >= 0.6 is 36.4 Å². The Morgan fingerprint density at radius 2 is 2.21 bits per heavy atom. The Hall–Kier alpha value is -0.590. The van der Waals surface area contributed by atoms with Crippen molar-refractivity contribution in [3.63, 3.8) is 0 Å². The van der Waals surface area contributed by atoms with E-state index in [1.807, 2.05) is 6.92 Å². The quantitative estimate of drug-likeness (QED) is 0.799. The number of nitrogens with two attached hydrogens (primary N) is 1. The third-order valence-corrected chi connectivity index (χ3v) is 4.41. The molecule has 1 aromatic carbocycles. The number of halogens is 4. The molecule has 1 amide bonds. The molecule has 0 radical (unpaired) electrons. The van der Waals surface area contributed by atoms with Crippen LogP contribution in [-0.2, 0) is 11.3 Å². The zero-order valence-corrected chi connectivity index (χ0v) is 16.0. The molecule has 8 heteroatoms. The van der Waals surface area contributed by atoms with Crippen molar-refractivity contribution in [3.8, 4) is 0 Å². The average molecular weight is 401 g/mol. The monoisotopic (exact) mass is 399 g/mol. The van der Waals surface area contributed by atoms with Crippen molar-refractivity contribution in [2.45, 2.75) is 32.4 Å². The van der Waals surface area contributed by atoms with Gasteiger partial charge in [-0.2, -0.15) is 0 Å². The van der Waals surface area contributed by atoms with Crippen LogP contribution in [0.25, 0.3) is 0 Å². The number of hydrogen-bond acceptors (Lipinski definition) is 3. The van der Waals surface area contributed by atoms with Crippen molar-refractivity contribution < 1.29 is 9.18 Å². The summed E-state index contributed by atoms with van der Waals surface area (Å²) in [6.45, 7) is 4.57. The van der Waals surface area contributed by atoms with Crippen LogP contribution in [0, 0.1) is 11.7 Å². The van der Waals surface area contributed by atoms with Gasteiger partial charge in [-0.15, -0.1) is 24.8 Å². The van der Waals surface area contributed by atoms with Crippen molar-refractivity contribution in [2.75, 3.05) is 19.6 Å². The van der Waals surface area contributed by atoms with Crippen LogP contribution in [-0.4, -0.2) is 36.5 Å². The molecule has 1 aliphatic heterocycles. The average Bonchev–Trinajstić information content (AvgIpc) is 2.49. The van der Waals surface area contributed by atoms with Gasteiger partial charge in [0.1, 0.15) is 5.82 Å². The molecule has 24 heavy (non-hydrogen) atoms. The first-order valence-electron chi connectivity index (χ1n) is 7.66. The fourth-order valence-corrected chi connectivity index (χ4v) is 2.89. The number of benzene rings is 1. The summed E-state index contributed by atoms with van der Waals surface area (Å²) < 4.78 is 13.1. The van der Waals surface area contributed by atoms with E-state index in [1.54, 1.807) is 6.07 Å². The van der Waals surface area contributed by atoms with E-state index in [0.717, 1.165) is 31.5 Å². The normalized spacial score (nSPS) is 18.9. The summed E-state index contributed by atoms with van der Waals surface area (Å²) in [7, 11) is 0. The maximum Gasteiger partial charge on any atom is 0.224 e. The molecule has 1 aliphatic rings. The molecular formula is C16H25Cl3FN3O. The molecule has 2 rings (SSSR count). The van der Waals surface area contributed by atoms with Gasteiger partial charge < -0.3 is 11.1 Å². The summed E-state index contributed by atoms with van der Waals surface area (Å²) in [5, 5.41) is 3.50. The third-order valence-electron chi connectivity index (χ3n) is 4.06. The van der Waals surface area contributed by atoms with Crippen LogP contribution in [0.1, 0.15) is 25.3 Å². The molecule has 0 aliphatic carbocycles. The van der Waals surface area contributed by atoms with E-state index < -0.39 is 0 Å². The number of likely N-dealkylation sites (tertiary alicyclic amines) is 1. The number of carbonyl (C=O) groups is 1. The Morgan fingerprint density at radius 3 is 2.83 bits per heavy atom. The second-order valence-corrected chi connectivity index (χ2v) is 6.36. The first-order valence-corrected chi connectivity index (χ1v) is 8.04. The summed E-state index contributed by atoms with van der Waals surface area (Å²) >= 11 is 6.08. The van der Waals surface area contributed by atoms with E-state index in [4.69, 9.17) is 17.3 Å². The Kier molecular flexibility index (Phi) is 10.8. The van der Waals surface area contributed by atoms with Gasteiger partial charge in [0, 0.05) is 36.6 Å². The van der Waals surface area contributed by atoms with Gasteiger partial charge in [0.05, 0.1) is 0 Å². The largest absolute Gasteiger partial charge is 0.352 e. The minimum Gasteiger partial charge on any atom is -0.352 e. The predicted octanol–water partition coefficient (Wildman–Crippen LogP) is 3.00. The number of hydrogen-bond donors (Lipinski definition) is 2. The van der Waals surface area contributed by atoms with Crippen LogP contribution in [0.5, 0.6) is 0 Å². The van der Waals surface area contributed by atoms with Crippen molar-refractivity contribution in [1.29, 1.82) is 0 Å². The molecule has 1 fully saturated rings. The van der Waals surface area contributed by atoms with Gasteiger partial charge in [0.15, 0.2) is 0 Å². The smallest absolute Gasteiger partial charge is 0.224 e. The fourth-order valence-electron chi connectivity index (χ4n) is 2.66. The molecule has 1 saturated heterocycles. The highest BCUT2D eigenvalue weighted by atomic mass is 35.5. The lowest BCUT2D eigenvalue weighted by molar-refractivity contribution is -0.125. The minimum absolute atomic E-state index is 0. The molecule has 0 aromatic heterocycles. The molecule has 2 unspecified atom stereocenters. The lowest BCUT2D eigenvalue weighted by atomic mass is 10.0. The Bertz CT molecular complexity index is 533. The van der Waals surface area contributed by atoms with Crippen LogP contribution in [0.2, 0.25) is 5.02 Å². The number of rotatable bonds is 5. The standard InChI is InChI=1S/C16H23ClFN3O.2ClH/c1-11(8-19)16(22)20-14-3-2-6-21(10-14)9-12-4-5-13(18)7-15(12)17;;/h4-5,7,11,14H,2-3,6,8-10,19H2,1H3,(H,20,22);2*1H. The lowest BCUT2D eigenvalue weighted by Crippen LogP contribution is -2.49. The van der Waals surface area contributed by atoms with Crippen LogP contribution in [0.15, 0.2) is 18.2 Å². The molecule has 0 bridgehead atoms. The number of carbonyl (C=O) groups excluding carboxylic acids is 1. The Balaban J connectivity index is 0.00000264. The van der Waals surface area contributed by atoms with Crippen molar-refractivity contribution >= 4 is 42.3 Å². The van der Waals surface area contributed by atoms with Gasteiger partial charge in [-0.05, 0) is 37.1 Å². The van der Waals surface area contributed by atoms with Crippen LogP contribution in [0.3, 0.4) is 0 Å². The second kappa shape index (κ2) is 11.1. The van der Waals surface area contributed by atoms with E-state index in [2.05, 4.69) is 10.2 Å². The summed E-state index contributed by atoms with van der Waals surface area (Å²) in [5.74, 6) is -0.482. The topological polar surface area (TPSA) is 58.4 Å². The summed E-state index contributed by atoms with van der Waals surface area (Å²) in [6, 6.07) is 4.61. The molecule has 2 atom stereocenters. The summed E-state index contributed by atoms with van der Waals surface area (Å²) in [6.07, 6.45) is 1.98. The molecule has 1 heterocycles. The molecule has 3 N–H and O–H groups in total. The number of amides is 1. The Morgan fingerprint density at radius 1 is 1.50 bits per heavy atom. The van der Waals surface area contributed by atoms with Crippen LogP contribution in [0.4, 0.5) is 4.39 Å². The molecular weight excluding hydrogens is 376 g/mol. The highest BCUT2D eigenvalue weighted by molar-refractivity contribution is 6.31. The predicted molar refractivity (Wildman–Crippen MR) is 101 cm³/mol. The SMILES string of the molecule is CC(CN)C(=O)NC1CCCN(Cc2ccc(F)cc2Cl)C1.Cl.Cl. The molecule has 138 valence electrons. The van der Waals surface area contributed by atoms with Gasteiger partial charge in [-0.25, -0.2) is 4.39 Å². The number of nitrogens with one attached hydrogen (secondary N) is 1. The van der Waals surface area contributed by atoms with Gasteiger partial charge in [-0.1, -0.05) is 24.6 Å². The fraction of sp³-hybridized carbons (Fsp3) is 0.562. The third kappa shape index (κ3) is 6.73. The molecule has 0 saturated carbocycles. The Labute approximate surface area is 160 Å². The molecule has 4 nitrogen and oxygen atoms in total. The first-order chi connectivity index (χ1) is 10.5. The van der Waals surface area contributed by atoms with Gasteiger partial charge in [0.25, 0.3) is 0 Å². The second-order valence-electron chi connectivity index (χ2n) is 5.96. The number of piperidine rings is 1. The van der Waals surface area contributed by atoms with E-state index in [1.165, 1.54) is 12.1 Å². The highest BCUT2D eigenvalue weighted by Crippen LogP contribution is 2.21. The molecule has 1 aromatic rings. The van der Waals surface area contributed by atoms with Crippen molar-refractivity contribution in [1.82, 2.24) is 10.2 Å². The minimum atomic E-state index is -0.326. The first kappa shape index (κ1) is 23.4. The molecule has 0 spiro atoms. The van der Waals surface area contributed by atoms with Crippen LogP contribution < -0.4 is 11.1 Å². The zero-order valence-electron chi connectivity index (χ0n) is 13.6. The summed E-state index contributed by atoms with van der Waals surface area (Å²) in [4.78, 5) is 14.2. The van der Waals surface area contributed by atoms with Crippen molar-refractivity contribution in [2.24, 2.45) is 11.7 Å². The zero-order chi connectivity index (χ0) is 16.1. The van der Waals surface area contributed by atoms with E-state index in [-0.39, 0.29) is 48.5 Å². The summed E-state index contributed by atoms with van der Waals surface area (Å²) in [5.41, 5.74) is 6.43. The van der Waals surface area contributed by atoms with E-state index >= 15 is 0 Å². The van der Waals surface area contributed by atoms with Crippen molar-refractivity contribution in [3.05, 3.63) is 34.6 Å².